The van der Waals surface area contributed by atoms with Gasteiger partial charge in [0.2, 0.25) is 0 Å². The lowest BCUT2D eigenvalue weighted by Crippen LogP contribution is -2.29. The van der Waals surface area contributed by atoms with Gasteiger partial charge in [-0.1, -0.05) is 18.2 Å². The van der Waals surface area contributed by atoms with Gasteiger partial charge < -0.3 is 23.7 Å². The number of imide groups is 1. The summed E-state index contributed by atoms with van der Waals surface area (Å²) in [5, 5.41) is 0.101. The van der Waals surface area contributed by atoms with Crippen LogP contribution in [0.3, 0.4) is 0 Å². The molecule has 12 heteroatoms. The molecule has 4 aromatic rings. The second kappa shape index (κ2) is 13.0. The average molecular weight is 617 g/mol. The summed E-state index contributed by atoms with van der Waals surface area (Å²) in [6.45, 7) is 4.78. The fourth-order valence-corrected chi connectivity index (χ4v) is 5.00. The molecule has 0 saturated carbocycles. The maximum Gasteiger partial charge on any atom is 0.513 e. The SMILES string of the molecule is CCOC(=O)Oc1c2c(c(OC(=O)OCC)c3ncc(Cc4ccc(F)cc4)cc13)C(=O)N(Cc1ccc(OC)cc1C)C2=O. The van der Waals surface area contributed by atoms with Crippen molar-refractivity contribution in [2.75, 3.05) is 20.3 Å². The number of methoxy groups -OCH3 is 1. The molecule has 45 heavy (non-hydrogen) atoms. The van der Waals surface area contributed by atoms with Crippen LogP contribution in [0.15, 0.2) is 54.7 Å². The van der Waals surface area contributed by atoms with Gasteiger partial charge in [0.1, 0.15) is 28.2 Å². The third-order valence-electron chi connectivity index (χ3n) is 7.12. The van der Waals surface area contributed by atoms with Crippen LogP contribution in [0.25, 0.3) is 10.9 Å². The zero-order valence-corrected chi connectivity index (χ0v) is 25.0. The van der Waals surface area contributed by atoms with E-state index in [0.717, 1.165) is 16.0 Å². The molecule has 0 saturated heterocycles. The Balaban J connectivity index is 1.70. The van der Waals surface area contributed by atoms with E-state index in [1.807, 2.05) is 6.92 Å². The number of pyridine rings is 1. The lowest BCUT2D eigenvalue weighted by Gasteiger charge is -2.16. The van der Waals surface area contributed by atoms with Crippen LogP contribution in [0.2, 0.25) is 0 Å². The van der Waals surface area contributed by atoms with Crippen LogP contribution < -0.4 is 14.2 Å². The summed E-state index contributed by atoms with van der Waals surface area (Å²) in [7, 11) is 1.53. The van der Waals surface area contributed by atoms with Gasteiger partial charge in [-0.2, -0.15) is 0 Å². The van der Waals surface area contributed by atoms with Crippen molar-refractivity contribution in [3.63, 3.8) is 0 Å². The van der Waals surface area contributed by atoms with E-state index < -0.39 is 29.9 Å². The van der Waals surface area contributed by atoms with Crippen molar-refractivity contribution in [1.82, 2.24) is 9.88 Å². The van der Waals surface area contributed by atoms with E-state index in [9.17, 15) is 23.6 Å². The average Bonchev–Trinajstić information content (AvgIpc) is 3.26. The quantitative estimate of drug-likeness (QED) is 0.123. The number of hydrogen-bond donors (Lipinski definition) is 0. The molecule has 232 valence electrons. The zero-order chi connectivity index (χ0) is 32.2. The third kappa shape index (κ3) is 6.26. The Morgan fingerprint density at radius 1 is 0.844 bits per heavy atom. The predicted octanol–water partition coefficient (Wildman–Crippen LogP) is 6.15. The summed E-state index contributed by atoms with van der Waals surface area (Å²) in [6, 6.07) is 12.6. The van der Waals surface area contributed by atoms with Crippen LogP contribution in [0.4, 0.5) is 14.0 Å². The second-order valence-corrected chi connectivity index (χ2v) is 10.0. The monoisotopic (exact) mass is 616 g/mol. The number of carbonyl (C=O) groups is 4. The molecule has 2 amide bonds. The first-order valence-electron chi connectivity index (χ1n) is 14.1. The molecule has 0 fully saturated rings. The number of hydrogen-bond acceptors (Lipinski definition) is 10. The van der Waals surface area contributed by atoms with Crippen molar-refractivity contribution in [2.24, 2.45) is 0 Å². The normalized spacial score (nSPS) is 12.2. The van der Waals surface area contributed by atoms with Crippen molar-refractivity contribution in [3.05, 3.63) is 93.9 Å². The van der Waals surface area contributed by atoms with Gasteiger partial charge in [-0.3, -0.25) is 19.5 Å². The number of aryl methyl sites for hydroxylation is 1. The van der Waals surface area contributed by atoms with E-state index in [2.05, 4.69) is 4.98 Å². The first kappa shape index (κ1) is 30.9. The van der Waals surface area contributed by atoms with Gasteiger partial charge in [-0.15, -0.1) is 0 Å². The number of ether oxygens (including phenoxy) is 5. The number of rotatable bonds is 9. The molecule has 1 aliphatic heterocycles. The number of amides is 2. The Labute approximate surface area is 257 Å². The summed E-state index contributed by atoms with van der Waals surface area (Å²) in [6.07, 6.45) is -0.469. The number of carbonyl (C=O) groups excluding carboxylic acids is 4. The number of benzene rings is 3. The van der Waals surface area contributed by atoms with Crippen LogP contribution >= 0.6 is 0 Å². The van der Waals surface area contributed by atoms with Crippen LogP contribution in [-0.4, -0.2) is 54.3 Å². The molecular formula is C33H29FN2O9. The standard InChI is InChI=1S/C33H29FN2O9/c1-5-42-32(39)44-28-24-15-20(14-19-7-10-22(34)11-8-19)16-35-27(24)29(45-33(40)43-6-2)26-25(28)30(37)36(31(26)38)17-21-9-12-23(41-4)13-18(21)3/h7-13,15-16H,5-6,14,17H2,1-4H3. The summed E-state index contributed by atoms with van der Waals surface area (Å²) in [5.74, 6) is -1.98. The Hall–Kier alpha value is -5.52. The molecule has 0 bridgehead atoms. The van der Waals surface area contributed by atoms with Crippen LogP contribution in [0.1, 0.15) is 56.8 Å². The van der Waals surface area contributed by atoms with E-state index in [0.29, 0.717) is 23.3 Å². The summed E-state index contributed by atoms with van der Waals surface area (Å²) < 4.78 is 39.8. The van der Waals surface area contributed by atoms with Gasteiger partial charge in [-0.05, 0) is 79.8 Å². The molecular weight excluding hydrogens is 587 g/mol. The van der Waals surface area contributed by atoms with Gasteiger partial charge in [0, 0.05) is 11.6 Å². The Morgan fingerprint density at radius 2 is 1.47 bits per heavy atom. The largest absolute Gasteiger partial charge is 0.513 e. The van der Waals surface area contributed by atoms with Crippen LogP contribution in [-0.2, 0) is 22.4 Å². The molecule has 1 aromatic heterocycles. The minimum Gasteiger partial charge on any atom is -0.497 e. The summed E-state index contributed by atoms with van der Waals surface area (Å²) in [4.78, 5) is 58.7. The molecule has 0 atom stereocenters. The topological polar surface area (TPSA) is 131 Å². The molecule has 11 nitrogen and oxygen atoms in total. The molecule has 5 rings (SSSR count). The highest BCUT2D eigenvalue weighted by molar-refractivity contribution is 6.27. The minimum absolute atomic E-state index is 0.0198. The first-order chi connectivity index (χ1) is 21.6. The Morgan fingerprint density at radius 3 is 2.07 bits per heavy atom. The van der Waals surface area contributed by atoms with Crippen LogP contribution in [0.5, 0.6) is 17.2 Å². The van der Waals surface area contributed by atoms with E-state index in [1.165, 1.54) is 25.4 Å². The van der Waals surface area contributed by atoms with Crippen molar-refractivity contribution in [3.8, 4) is 17.2 Å². The number of nitrogens with zero attached hydrogens (tertiary/aromatic N) is 2. The Kier molecular flexibility index (Phi) is 8.93. The molecule has 1 aliphatic rings. The summed E-state index contributed by atoms with van der Waals surface area (Å²) >= 11 is 0. The van der Waals surface area contributed by atoms with E-state index in [1.54, 1.807) is 50.2 Å². The van der Waals surface area contributed by atoms with Gasteiger partial charge in [0.25, 0.3) is 11.8 Å². The zero-order valence-electron chi connectivity index (χ0n) is 25.0. The van der Waals surface area contributed by atoms with Crippen molar-refractivity contribution >= 4 is 35.0 Å². The van der Waals surface area contributed by atoms with Crippen LogP contribution in [0, 0.1) is 12.7 Å². The molecule has 0 unspecified atom stereocenters. The predicted molar refractivity (Wildman–Crippen MR) is 158 cm³/mol. The van der Waals surface area contributed by atoms with Crippen molar-refractivity contribution < 1.29 is 47.3 Å². The highest BCUT2D eigenvalue weighted by atomic mass is 19.1. The molecule has 0 N–H and O–H groups in total. The molecule has 0 spiro atoms. The van der Waals surface area contributed by atoms with E-state index in [-0.39, 0.29) is 53.3 Å². The molecule has 3 aromatic carbocycles. The van der Waals surface area contributed by atoms with Crippen molar-refractivity contribution in [2.45, 2.75) is 33.7 Å². The minimum atomic E-state index is -1.12. The van der Waals surface area contributed by atoms with Gasteiger partial charge in [0.05, 0.1) is 26.9 Å². The van der Waals surface area contributed by atoms with Gasteiger partial charge in [-0.25, -0.2) is 14.0 Å². The highest BCUT2D eigenvalue weighted by Gasteiger charge is 2.44. The lowest BCUT2D eigenvalue weighted by molar-refractivity contribution is 0.0640. The first-order valence-corrected chi connectivity index (χ1v) is 14.1. The maximum absolute atomic E-state index is 14.0. The summed E-state index contributed by atoms with van der Waals surface area (Å²) in [5.41, 5.74) is 2.10. The fourth-order valence-electron chi connectivity index (χ4n) is 5.00. The van der Waals surface area contributed by atoms with Crippen molar-refractivity contribution in [1.29, 1.82) is 0 Å². The van der Waals surface area contributed by atoms with Gasteiger partial charge >= 0.3 is 12.3 Å². The number of aromatic nitrogens is 1. The van der Waals surface area contributed by atoms with E-state index in [4.69, 9.17) is 23.7 Å². The number of halogens is 1. The number of fused-ring (bicyclic) bond motifs is 2. The molecule has 2 heterocycles. The Bertz CT molecular complexity index is 1820. The smallest absolute Gasteiger partial charge is 0.497 e. The molecule has 0 radical (unpaired) electrons. The lowest BCUT2D eigenvalue weighted by atomic mass is 9.99. The second-order valence-electron chi connectivity index (χ2n) is 10.0. The maximum atomic E-state index is 14.0. The molecule has 0 aliphatic carbocycles. The third-order valence-corrected chi connectivity index (χ3v) is 7.12. The highest BCUT2D eigenvalue weighted by Crippen LogP contribution is 2.45. The fraction of sp³-hybridized carbons (Fsp3) is 0.242. The van der Waals surface area contributed by atoms with Gasteiger partial charge in [0.15, 0.2) is 11.5 Å². The van der Waals surface area contributed by atoms with E-state index >= 15 is 0 Å².